The SMILES string of the molecule is CC(=O)N1CCN(c2ccc(Nc3ncc(F)c(NC4CCN(Cc5ccccc5)C4)n3)cc2)CC1. The zero-order chi connectivity index (χ0) is 24.9. The molecule has 0 radical (unpaired) electrons. The number of piperazine rings is 1. The van der Waals surface area contributed by atoms with Crippen LogP contribution >= 0.6 is 0 Å². The Balaban J connectivity index is 1.16. The Morgan fingerprint density at radius 1 is 1.03 bits per heavy atom. The minimum Gasteiger partial charge on any atom is -0.368 e. The molecule has 1 atom stereocenters. The van der Waals surface area contributed by atoms with Gasteiger partial charge in [0.1, 0.15) is 0 Å². The number of likely N-dealkylation sites (tertiary alicyclic amines) is 1. The lowest BCUT2D eigenvalue weighted by Crippen LogP contribution is -2.48. The number of aromatic nitrogens is 2. The first-order valence-corrected chi connectivity index (χ1v) is 12.5. The minimum atomic E-state index is -0.456. The number of rotatable bonds is 7. The molecule has 2 aliphatic rings. The van der Waals surface area contributed by atoms with E-state index in [1.165, 1.54) is 11.8 Å². The highest BCUT2D eigenvalue weighted by atomic mass is 19.1. The number of nitrogens with one attached hydrogen (secondary N) is 2. The van der Waals surface area contributed by atoms with Crippen molar-refractivity contribution in [1.82, 2.24) is 19.8 Å². The Labute approximate surface area is 211 Å². The average molecular weight is 490 g/mol. The van der Waals surface area contributed by atoms with Crippen molar-refractivity contribution in [3.63, 3.8) is 0 Å². The Kier molecular flexibility index (Phi) is 7.27. The minimum absolute atomic E-state index is 0.125. The largest absolute Gasteiger partial charge is 0.368 e. The number of amides is 1. The van der Waals surface area contributed by atoms with Crippen LogP contribution in [0.2, 0.25) is 0 Å². The van der Waals surface area contributed by atoms with Crippen molar-refractivity contribution in [2.75, 3.05) is 54.8 Å². The smallest absolute Gasteiger partial charge is 0.229 e. The second-order valence-electron chi connectivity index (χ2n) is 9.41. The van der Waals surface area contributed by atoms with Gasteiger partial charge in [0, 0.05) is 70.2 Å². The highest BCUT2D eigenvalue weighted by Gasteiger charge is 2.24. The summed E-state index contributed by atoms with van der Waals surface area (Å²) in [5, 5.41) is 6.45. The van der Waals surface area contributed by atoms with Crippen LogP contribution in [0.1, 0.15) is 18.9 Å². The maximum absolute atomic E-state index is 14.5. The Hall–Kier alpha value is -3.72. The molecular weight excluding hydrogens is 457 g/mol. The van der Waals surface area contributed by atoms with Gasteiger partial charge in [-0.05, 0) is 36.2 Å². The van der Waals surface area contributed by atoms with Crippen LogP contribution in [-0.4, -0.2) is 71.0 Å². The summed E-state index contributed by atoms with van der Waals surface area (Å²) in [4.78, 5) is 26.6. The molecule has 2 saturated heterocycles. The molecule has 2 aliphatic heterocycles. The monoisotopic (exact) mass is 489 g/mol. The van der Waals surface area contributed by atoms with Crippen molar-refractivity contribution < 1.29 is 9.18 Å². The molecule has 9 heteroatoms. The van der Waals surface area contributed by atoms with Gasteiger partial charge in [-0.1, -0.05) is 30.3 Å². The molecule has 2 N–H and O–H groups in total. The normalized spacial score (nSPS) is 18.3. The standard InChI is InChI=1S/C27H32FN7O/c1-20(36)34-13-15-35(16-14-34)24-9-7-22(8-10-24)31-27-29-17-25(28)26(32-27)30-23-11-12-33(19-23)18-21-5-3-2-4-6-21/h2-10,17,23H,11-16,18-19H2,1H3,(H2,29,30,31,32). The molecule has 3 heterocycles. The van der Waals surface area contributed by atoms with Crippen LogP contribution in [0.3, 0.4) is 0 Å². The molecule has 0 bridgehead atoms. The molecule has 0 spiro atoms. The van der Waals surface area contributed by atoms with Gasteiger partial charge >= 0.3 is 0 Å². The molecule has 0 saturated carbocycles. The number of halogens is 1. The lowest BCUT2D eigenvalue weighted by Gasteiger charge is -2.35. The summed E-state index contributed by atoms with van der Waals surface area (Å²) in [5.74, 6) is 0.238. The first kappa shape index (κ1) is 24.0. The first-order chi connectivity index (χ1) is 17.5. The molecular formula is C27H32FN7O. The van der Waals surface area contributed by atoms with E-state index in [0.717, 1.165) is 63.6 Å². The Morgan fingerprint density at radius 2 is 1.78 bits per heavy atom. The fraction of sp³-hybridized carbons (Fsp3) is 0.370. The highest BCUT2D eigenvalue weighted by Crippen LogP contribution is 2.23. The summed E-state index contributed by atoms with van der Waals surface area (Å²) in [6.45, 7) is 7.39. The molecule has 5 rings (SSSR count). The Morgan fingerprint density at radius 3 is 2.50 bits per heavy atom. The van der Waals surface area contributed by atoms with Gasteiger partial charge in [0.05, 0.1) is 6.20 Å². The first-order valence-electron chi connectivity index (χ1n) is 12.5. The maximum atomic E-state index is 14.5. The van der Waals surface area contributed by atoms with Crippen LogP contribution in [0.4, 0.5) is 27.5 Å². The summed E-state index contributed by atoms with van der Waals surface area (Å²) in [6, 6.07) is 18.5. The summed E-state index contributed by atoms with van der Waals surface area (Å²) < 4.78 is 14.5. The molecule has 3 aromatic rings. The van der Waals surface area contributed by atoms with Gasteiger partial charge in [0.2, 0.25) is 11.9 Å². The van der Waals surface area contributed by atoms with E-state index in [9.17, 15) is 9.18 Å². The number of nitrogens with zero attached hydrogens (tertiary/aromatic N) is 5. The second kappa shape index (κ2) is 10.9. The maximum Gasteiger partial charge on any atom is 0.229 e. The van der Waals surface area contributed by atoms with E-state index in [2.05, 4.69) is 54.7 Å². The number of carbonyl (C=O) groups is 1. The predicted molar refractivity (Wildman–Crippen MR) is 140 cm³/mol. The topological polar surface area (TPSA) is 76.6 Å². The third-order valence-electron chi connectivity index (χ3n) is 6.82. The number of carbonyl (C=O) groups excluding carboxylic acids is 1. The van der Waals surface area contributed by atoms with E-state index in [4.69, 9.17) is 0 Å². The summed E-state index contributed by atoms with van der Waals surface area (Å²) in [7, 11) is 0. The van der Waals surface area contributed by atoms with E-state index in [0.29, 0.717) is 5.95 Å². The number of anilines is 4. The van der Waals surface area contributed by atoms with Gasteiger partial charge in [0.15, 0.2) is 11.6 Å². The van der Waals surface area contributed by atoms with Crippen molar-refractivity contribution in [2.24, 2.45) is 0 Å². The molecule has 2 fully saturated rings. The van der Waals surface area contributed by atoms with Gasteiger partial charge < -0.3 is 20.4 Å². The summed E-state index contributed by atoms with van der Waals surface area (Å²) in [5.41, 5.74) is 3.21. The van der Waals surface area contributed by atoms with Gasteiger partial charge in [-0.3, -0.25) is 9.69 Å². The van der Waals surface area contributed by atoms with Crippen molar-refractivity contribution in [3.05, 3.63) is 72.2 Å². The van der Waals surface area contributed by atoms with Crippen LogP contribution in [0.5, 0.6) is 0 Å². The predicted octanol–water partition coefficient (Wildman–Crippen LogP) is 3.71. The quantitative estimate of drug-likeness (QED) is 0.524. The highest BCUT2D eigenvalue weighted by molar-refractivity contribution is 5.73. The average Bonchev–Trinajstić information content (AvgIpc) is 3.34. The van der Waals surface area contributed by atoms with Gasteiger partial charge in [0.25, 0.3) is 0 Å². The van der Waals surface area contributed by atoms with Gasteiger partial charge in [-0.25, -0.2) is 9.37 Å². The fourth-order valence-electron chi connectivity index (χ4n) is 4.82. The third-order valence-corrected chi connectivity index (χ3v) is 6.82. The summed E-state index contributed by atoms with van der Waals surface area (Å²) >= 11 is 0. The Bertz CT molecular complexity index is 1170. The molecule has 188 valence electrons. The molecule has 2 aromatic carbocycles. The van der Waals surface area contributed by atoms with Crippen molar-refractivity contribution >= 4 is 29.0 Å². The molecule has 8 nitrogen and oxygen atoms in total. The van der Waals surface area contributed by atoms with E-state index >= 15 is 0 Å². The van der Waals surface area contributed by atoms with Crippen LogP contribution in [0.15, 0.2) is 60.8 Å². The summed E-state index contributed by atoms with van der Waals surface area (Å²) in [6.07, 6.45) is 2.14. The second-order valence-corrected chi connectivity index (χ2v) is 9.41. The zero-order valence-corrected chi connectivity index (χ0v) is 20.5. The lowest BCUT2D eigenvalue weighted by atomic mass is 10.2. The van der Waals surface area contributed by atoms with Crippen LogP contribution in [-0.2, 0) is 11.3 Å². The van der Waals surface area contributed by atoms with Crippen LogP contribution < -0.4 is 15.5 Å². The molecule has 0 aliphatic carbocycles. The number of hydrogen-bond acceptors (Lipinski definition) is 7. The molecule has 1 amide bonds. The van der Waals surface area contributed by atoms with E-state index in [-0.39, 0.29) is 17.8 Å². The van der Waals surface area contributed by atoms with Crippen molar-refractivity contribution in [3.8, 4) is 0 Å². The van der Waals surface area contributed by atoms with Crippen LogP contribution in [0, 0.1) is 5.82 Å². The van der Waals surface area contributed by atoms with Crippen LogP contribution in [0.25, 0.3) is 0 Å². The van der Waals surface area contributed by atoms with E-state index in [1.54, 1.807) is 6.92 Å². The molecule has 36 heavy (non-hydrogen) atoms. The number of benzene rings is 2. The van der Waals surface area contributed by atoms with Crippen molar-refractivity contribution in [2.45, 2.75) is 25.9 Å². The van der Waals surface area contributed by atoms with Crippen molar-refractivity contribution in [1.29, 1.82) is 0 Å². The fourth-order valence-corrected chi connectivity index (χ4v) is 4.82. The lowest BCUT2D eigenvalue weighted by molar-refractivity contribution is -0.129. The van der Waals surface area contributed by atoms with Gasteiger partial charge in [-0.2, -0.15) is 4.98 Å². The van der Waals surface area contributed by atoms with E-state index < -0.39 is 5.82 Å². The van der Waals surface area contributed by atoms with E-state index in [1.807, 2.05) is 35.2 Å². The zero-order valence-electron chi connectivity index (χ0n) is 20.5. The van der Waals surface area contributed by atoms with Gasteiger partial charge in [-0.15, -0.1) is 0 Å². The molecule has 1 unspecified atom stereocenters. The molecule has 1 aromatic heterocycles. The third kappa shape index (κ3) is 5.91. The number of hydrogen-bond donors (Lipinski definition) is 2.